The number of amidine groups is 1. The molecule has 0 aromatic heterocycles. The number of carbonyl (C=O) groups excluding carboxylic acids is 2. The van der Waals surface area contributed by atoms with Gasteiger partial charge in [0.1, 0.15) is 4.75 Å². The van der Waals surface area contributed by atoms with Gasteiger partial charge in [-0.1, -0.05) is 42.1 Å². The van der Waals surface area contributed by atoms with Crippen LogP contribution >= 0.6 is 11.8 Å². The highest BCUT2D eigenvalue weighted by molar-refractivity contribution is 8.15. The molecule has 9 heteroatoms. The third kappa shape index (κ3) is 4.45. The van der Waals surface area contributed by atoms with Crippen LogP contribution in [0.1, 0.15) is 34.0 Å². The summed E-state index contributed by atoms with van der Waals surface area (Å²) in [5.74, 6) is -0.851. The van der Waals surface area contributed by atoms with Gasteiger partial charge < -0.3 is 11.1 Å². The van der Waals surface area contributed by atoms with E-state index >= 15 is 0 Å². The van der Waals surface area contributed by atoms with Gasteiger partial charge in [0.15, 0.2) is 5.17 Å². The molecule has 1 fully saturated rings. The van der Waals surface area contributed by atoms with Gasteiger partial charge in [-0.15, -0.1) is 0 Å². The maximum Gasteiger partial charge on any atom is 0.416 e. The van der Waals surface area contributed by atoms with E-state index in [0.717, 1.165) is 6.07 Å². The lowest BCUT2D eigenvalue weighted by molar-refractivity contribution is -0.138. The van der Waals surface area contributed by atoms with Gasteiger partial charge in [0.05, 0.1) is 5.56 Å². The minimum atomic E-state index is -4.42. The highest BCUT2D eigenvalue weighted by Gasteiger charge is 2.44. The van der Waals surface area contributed by atoms with E-state index in [4.69, 9.17) is 5.73 Å². The topological polar surface area (TPSA) is 84.6 Å². The molecule has 0 unspecified atom stereocenters. The average Bonchev–Trinajstić information content (AvgIpc) is 2.96. The molecular formula is C20H18F3N3O2S. The Morgan fingerprint density at radius 2 is 1.83 bits per heavy atom. The molecule has 5 nitrogen and oxygen atoms in total. The first-order valence-corrected chi connectivity index (χ1v) is 9.53. The predicted molar refractivity (Wildman–Crippen MR) is 105 cm³/mol. The molecule has 0 spiro atoms. The maximum absolute atomic E-state index is 13.1. The van der Waals surface area contributed by atoms with E-state index in [1.807, 2.05) is 0 Å². The van der Waals surface area contributed by atoms with Crippen molar-refractivity contribution in [2.24, 2.45) is 10.7 Å². The van der Waals surface area contributed by atoms with Gasteiger partial charge in [-0.2, -0.15) is 13.2 Å². The highest BCUT2D eigenvalue weighted by Crippen LogP contribution is 2.41. The van der Waals surface area contributed by atoms with Gasteiger partial charge in [0.25, 0.3) is 0 Å². The quantitative estimate of drug-likeness (QED) is 0.775. The Morgan fingerprint density at radius 1 is 1.17 bits per heavy atom. The first-order valence-electron chi connectivity index (χ1n) is 8.71. The Balaban J connectivity index is 1.72. The molecule has 0 aliphatic carbocycles. The van der Waals surface area contributed by atoms with Crippen molar-refractivity contribution in [3.63, 3.8) is 0 Å². The molecule has 2 aromatic rings. The van der Waals surface area contributed by atoms with Crippen molar-refractivity contribution < 1.29 is 22.8 Å². The number of carbonyl (C=O) groups is 2. The van der Waals surface area contributed by atoms with Crippen LogP contribution in [0.4, 0.5) is 13.2 Å². The first kappa shape index (κ1) is 20.9. The number of hydrogen-bond donors (Lipinski definition) is 2. The van der Waals surface area contributed by atoms with E-state index in [-0.39, 0.29) is 24.4 Å². The summed E-state index contributed by atoms with van der Waals surface area (Å²) in [5, 5.41) is 3.02. The Kier molecular flexibility index (Phi) is 5.70. The molecule has 1 saturated heterocycles. The summed E-state index contributed by atoms with van der Waals surface area (Å²) in [6.07, 6.45) is -4.32. The van der Waals surface area contributed by atoms with Crippen LogP contribution in [0.2, 0.25) is 0 Å². The molecule has 1 aliphatic heterocycles. The number of aliphatic imine (C=N–C) groups is 1. The molecule has 3 rings (SSSR count). The van der Waals surface area contributed by atoms with E-state index in [1.54, 1.807) is 37.3 Å². The van der Waals surface area contributed by atoms with Crippen LogP contribution in [0.15, 0.2) is 53.5 Å². The second kappa shape index (κ2) is 7.90. The second-order valence-electron chi connectivity index (χ2n) is 6.62. The van der Waals surface area contributed by atoms with Gasteiger partial charge in [0, 0.05) is 12.1 Å². The number of nitrogens with one attached hydrogen (secondary N) is 1. The van der Waals surface area contributed by atoms with Crippen LogP contribution in [0.3, 0.4) is 0 Å². The summed E-state index contributed by atoms with van der Waals surface area (Å²) >= 11 is 1.18. The van der Waals surface area contributed by atoms with Crippen molar-refractivity contribution in [1.29, 1.82) is 0 Å². The zero-order chi connectivity index (χ0) is 21.2. The first-order chi connectivity index (χ1) is 13.6. The number of halogens is 3. The smallest absolute Gasteiger partial charge is 0.366 e. The van der Waals surface area contributed by atoms with E-state index in [1.165, 1.54) is 23.9 Å². The van der Waals surface area contributed by atoms with E-state index in [0.29, 0.717) is 16.3 Å². The molecule has 1 atom stereocenters. The molecule has 152 valence electrons. The number of amides is 2. The number of rotatable bonds is 5. The molecule has 0 bridgehead atoms. The monoisotopic (exact) mass is 421 g/mol. The van der Waals surface area contributed by atoms with E-state index in [2.05, 4.69) is 10.3 Å². The van der Waals surface area contributed by atoms with Crippen LogP contribution in [-0.2, 0) is 22.1 Å². The third-order valence-corrected chi connectivity index (χ3v) is 5.89. The van der Waals surface area contributed by atoms with Crippen LogP contribution in [0.25, 0.3) is 0 Å². The standard InChI is InChI=1S/C20H18F3N3O2S/c1-19(14-8-6-13(7-9-14)16(24)27)17(28)26-18(29-19)25-11-10-12-4-2-3-5-15(12)20(21,22)23/h2-9H,10-11H2,1H3,(H2,24,27)(H,25,26,28)/t19-/m0/s1. The lowest BCUT2D eigenvalue weighted by atomic mass is 9.98. The highest BCUT2D eigenvalue weighted by atomic mass is 32.2. The van der Waals surface area contributed by atoms with Gasteiger partial charge in [0.2, 0.25) is 11.8 Å². The van der Waals surface area contributed by atoms with Crippen molar-refractivity contribution in [3.05, 3.63) is 70.8 Å². The number of benzene rings is 2. The molecule has 1 aliphatic rings. The Labute approximate surface area is 169 Å². The second-order valence-corrected chi connectivity index (χ2v) is 8.03. The average molecular weight is 421 g/mol. The number of nitrogens with zero attached hydrogens (tertiary/aromatic N) is 1. The number of thioether (sulfide) groups is 1. The summed E-state index contributed by atoms with van der Waals surface area (Å²) in [7, 11) is 0. The fourth-order valence-electron chi connectivity index (χ4n) is 2.99. The van der Waals surface area contributed by atoms with Crippen molar-refractivity contribution in [2.45, 2.75) is 24.3 Å². The fourth-order valence-corrected chi connectivity index (χ4v) is 4.07. The van der Waals surface area contributed by atoms with Crippen molar-refractivity contribution in [1.82, 2.24) is 5.32 Å². The molecule has 29 heavy (non-hydrogen) atoms. The van der Waals surface area contributed by atoms with Gasteiger partial charge in [-0.25, -0.2) is 0 Å². The molecular weight excluding hydrogens is 403 g/mol. The lowest BCUT2D eigenvalue weighted by Gasteiger charge is -2.19. The molecule has 3 N–H and O–H groups in total. The maximum atomic E-state index is 13.1. The van der Waals surface area contributed by atoms with Crippen molar-refractivity contribution in [3.8, 4) is 0 Å². The molecule has 1 heterocycles. The largest absolute Gasteiger partial charge is 0.416 e. The zero-order valence-electron chi connectivity index (χ0n) is 15.4. The summed E-state index contributed by atoms with van der Waals surface area (Å²) in [4.78, 5) is 28.0. The van der Waals surface area contributed by atoms with Crippen LogP contribution in [0.5, 0.6) is 0 Å². The number of nitrogens with two attached hydrogens (primary N) is 1. The minimum Gasteiger partial charge on any atom is -0.366 e. The summed E-state index contributed by atoms with van der Waals surface area (Å²) in [6.45, 7) is 1.82. The van der Waals surface area contributed by atoms with Crippen molar-refractivity contribution >= 4 is 28.7 Å². The predicted octanol–water partition coefficient (Wildman–Crippen LogP) is 3.48. The van der Waals surface area contributed by atoms with Crippen LogP contribution in [0, 0.1) is 0 Å². The minimum absolute atomic E-state index is 0.0969. The van der Waals surface area contributed by atoms with E-state index < -0.39 is 22.4 Å². The third-order valence-electron chi connectivity index (χ3n) is 4.63. The molecule has 2 aromatic carbocycles. The number of alkyl halides is 3. The number of primary amides is 1. The Bertz CT molecular complexity index is 974. The Morgan fingerprint density at radius 3 is 2.45 bits per heavy atom. The van der Waals surface area contributed by atoms with E-state index in [9.17, 15) is 22.8 Å². The summed E-state index contributed by atoms with van der Waals surface area (Å²) < 4.78 is 38.2. The fraction of sp³-hybridized carbons (Fsp3) is 0.250. The van der Waals surface area contributed by atoms with Crippen LogP contribution < -0.4 is 11.1 Å². The SMILES string of the molecule is C[C@@]1(c2ccc(C(N)=O)cc2)SC(=NCCc2ccccc2C(F)(F)F)NC1=O. The van der Waals surface area contributed by atoms with Crippen molar-refractivity contribution in [2.75, 3.05) is 6.54 Å². The summed E-state index contributed by atoms with van der Waals surface area (Å²) in [5.41, 5.74) is 5.70. The van der Waals surface area contributed by atoms with Gasteiger partial charge >= 0.3 is 6.18 Å². The van der Waals surface area contributed by atoms with Gasteiger partial charge in [-0.05, 0) is 42.7 Å². The zero-order valence-corrected chi connectivity index (χ0v) is 16.2. The normalized spacial score (nSPS) is 20.7. The van der Waals surface area contributed by atoms with Gasteiger partial charge in [-0.3, -0.25) is 14.6 Å². The molecule has 0 radical (unpaired) electrons. The molecule has 2 amide bonds. The number of hydrogen-bond acceptors (Lipinski definition) is 4. The summed E-state index contributed by atoms with van der Waals surface area (Å²) in [6, 6.07) is 11.7. The van der Waals surface area contributed by atoms with Crippen LogP contribution in [-0.4, -0.2) is 23.5 Å². The lowest BCUT2D eigenvalue weighted by Crippen LogP contribution is -2.31. The molecule has 0 saturated carbocycles. The Hall–Kier alpha value is -2.81.